The number of ether oxygens (including phenoxy) is 1. The lowest BCUT2D eigenvalue weighted by Gasteiger charge is -2.22. The minimum Gasteiger partial charge on any atom is -0.490 e. The Morgan fingerprint density at radius 1 is 1.28 bits per heavy atom. The van der Waals surface area contributed by atoms with Crippen LogP contribution in [0.25, 0.3) is 11.1 Å². The molecule has 128 valence electrons. The molecule has 5 nitrogen and oxygen atoms in total. The molecule has 0 atom stereocenters. The minimum atomic E-state index is 0.309. The quantitative estimate of drug-likeness (QED) is 0.901. The molecule has 1 saturated carbocycles. The van der Waals surface area contributed by atoms with Crippen molar-refractivity contribution in [1.29, 1.82) is 5.26 Å². The minimum absolute atomic E-state index is 0.309. The molecular formula is C20H22N4O. The maximum absolute atomic E-state index is 9.64. The molecule has 3 N–H and O–H groups in total. The zero-order valence-electron chi connectivity index (χ0n) is 14.2. The molecule has 25 heavy (non-hydrogen) atoms. The van der Waals surface area contributed by atoms with Crippen LogP contribution in [-0.4, -0.2) is 17.6 Å². The van der Waals surface area contributed by atoms with Crippen LogP contribution in [-0.2, 0) is 13.0 Å². The first-order valence-corrected chi connectivity index (χ1v) is 8.95. The first-order chi connectivity index (χ1) is 12.3. The monoisotopic (exact) mass is 334 g/mol. The van der Waals surface area contributed by atoms with Crippen LogP contribution in [0.5, 0.6) is 5.75 Å². The van der Waals surface area contributed by atoms with Crippen LogP contribution < -0.4 is 15.8 Å². The zero-order chi connectivity index (χ0) is 17.2. The fourth-order valence-electron chi connectivity index (χ4n) is 3.86. The number of nitrogens with one attached hydrogen (secondary N) is 1. The molecule has 0 saturated heterocycles. The molecule has 2 aromatic rings. The lowest BCUT2D eigenvalue weighted by atomic mass is 9.91. The molecule has 0 spiro atoms. The van der Waals surface area contributed by atoms with E-state index in [1.54, 1.807) is 0 Å². The highest BCUT2D eigenvalue weighted by Crippen LogP contribution is 2.35. The maximum Gasteiger partial charge on any atom is 0.142 e. The standard InChI is InChI=1S/C20H22N4O/c21-11-16-19(17-12-23-9-8-18(17)24-20(16)22)13-4-3-7-15(10-13)25-14-5-1-2-6-14/h3-4,7,10,14,23H,1-2,5-6,8-9,12H2,(H2,22,24). The van der Waals surface area contributed by atoms with Gasteiger partial charge < -0.3 is 15.8 Å². The zero-order valence-corrected chi connectivity index (χ0v) is 14.2. The molecule has 5 heteroatoms. The van der Waals surface area contributed by atoms with Gasteiger partial charge in [0.25, 0.3) is 0 Å². The van der Waals surface area contributed by atoms with E-state index in [2.05, 4.69) is 16.4 Å². The number of benzene rings is 1. The highest BCUT2D eigenvalue weighted by molar-refractivity contribution is 5.80. The fourth-order valence-corrected chi connectivity index (χ4v) is 3.86. The van der Waals surface area contributed by atoms with Crippen LogP contribution in [0.15, 0.2) is 24.3 Å². The molecule has 1 aromatic heterocycles. The molecule has 1 fully saturated rings. The number of pyridine rings is 1. The van der Waals surface area contributed by atoms with E-state index in [9.17, 15) is 5.26 Å². The van der Waals surface area contributed by atoms with Gasteiger partial charge in [0.05, 0.1) is 6.10 Å². The van der Waals surface area contributed by atoms with E-state index in [1.165, 1.54) is 12.8 Å². The smallest absolute Gasteiger partial charge is 0.142 e. The average molecular weight is 334 g/mol. The summed E-state index contributed by atoms with van der Waals surface area (Å²) in [6.07, 6.45) is 5.86. The normalized spacial score (nSPS) is 17.1. The second kappa shape index (κ2) is 6.73. The summed E-state index contributed by atoms with van der Waals surface area (Å²) in [6, 6.07) is 10.3. The largest absolute Gasteiger partial charge is 0.490 e. The van der Waals surface area contributed by atoms with Gasteiger partial charge in [0.15, 0.2) is 0 Å². The van der Waals surface area contributed by atoms with Gasteiger partial charge in [0.2, 0.25) is 0 Å². The van der Waals surface area contributed by atoms with Gasteiger partial charge in [-0.3, -0.25) is 0 Å². The van der Waals surface area contributed by atoms with Crippen molar-refractivity contribution in [2.75, 3.05) is 12.3 Å². The lowest BCUT2D eigenvalue weighted by molar-refractivity contribution is 0.210. The van der Waals surface area contributed by atoms with Crippen LogP contribution in [0, 0.1) is 11.3 Å². The molecular weight excluding hydrogens is 312 g/mol. The summed E-state index contributed by atoms with van der Waals surface area (Å²) in [5, 5.41) is 13.0. The van der Waals surface area contributed by atoms with Crippen LogP contribution in [0.2, 0.25) is 0 Å². The Morgan fingerprint density at radius 2 is 2.12 bits per heavy atom. The third-order valence-electron chi connectivity index (χ3n) is 5.09. The number of nitriles is 1. The van der Waals surface area contributed by atoms with Crippen molar-refractivity contribution in [3.05, 3.63) is 41.1 Å². The van der Waals surface area contributed by atoms with Gasteiger partial charge in [-0.25, -0.2) is 4.98 Å². The molecule has 1 aliphatic carbocycles. The predicted molar refractivity (Wildman–Crippen MR) is 97.1 cm³/mol. The average Bonchev–Trinajstić information content (AvgIpc) is 3.13. The van der Waals surface area contributed by atoms with Crippen LogP contribution >= 0.6 is 0 Å². The van der Waals surface area contributed by atoms with E-state index in [0.29, 0.717) is 24.0 Å². The Kier molecular flexibility index (Phi) is 4.29. The van der Waals surface area contributed by atoms with E-state index in [4.69, 9.17) is 10.5 Å². The number of rotatable bonds is 3. The summed E-state index contributed by atoms with van der Waals surface area (Å²) in [7, 11) is 0. The molecule has 0 unspecified atom stereocenters. The summed E-state index contributed by atoms with van der Waals surface area (Å²) >= 11 is 0. The first kappa shape index (κ1) is 15.9. The van der Waals surface area contributed by atoms with E-state index in [0.717, 1.165) is 53.9 Å². The van der Waals surface area contributed by atoms with Crippen molar-refractivity contribution in [3.8, 4) is 22.9 Å². The number of fused-ring (bicyclic) bond motifs is 1. The van der Waals surface area contributed by atoms with Gasteiger partial charge in [-0.1, -0.05) is 12.1 Å². The van der Waals surface area contributed by atoms with Crippen molar-refractivity contribution in [1.82, 2.24) is 10.3 Å². The van der Waals surface area contributed by atoms with E-state index in [1.807, 2.05) is 24.3 Å². The van der Waals surface area contributed by atoms with E-state index >= 15 is 0 Å². The van der Waals surface area contributed by atoms with Gasteiger partial charge in [-0.15, -0.1) is 0 Å². The lowest BCUT2D eigenvalue weighted by Crippen LogP contribution is -2.26. The Balaban J connectivity index is 1.78. The van der Waals surface area contributed by atoms with Gasteiger partial charge in [-0.2, -0.15) is 5.26 Å². The number of hydrogen-bond acceptors (Lipinski definition) is 5. The van der Waals surface area contributed by atoms with Crippen molar-refractivity contribution in [3.63, 3.8) is 0 Å². The SMILES string of the molecule is N#Cc1c(N)nc2c(c1-c1cccc(OC3CCCC3)c1)CNCC2. The summed E-state index contributed by atoms with van der Waals surface area (Å²) in [4.78, 5) is 4.46. The van der Waals surface area contributed by atoms with Crippen molar-refractivity contribution in [2.45, 2.75) is 44.8 Å². The number of hydrogen-bond donors (Lipinski definition) is 2. The number of anilines is 1. The number of aromatic nitrogens is 1. The Hall–Kier alpha value is -2.58. The first-order valence-electron chi connectivity index (χ1n) is 8.95. The summed E-state index contributed by atoms with van der Waals surface area (Å²) in [6.45, 7) is 1.59. The summed E-state index contributed by atoms with van der Waals surface area (Å²) < 4.78 is 6.14. The molecule has 0 bridgehead atoms. The molecule has 2 aliphatic rings. The number of nitrogens with two attached hydrogens (primary N) is 1. The summed E-state index contributed by atoms with van der Waals surface area (Å²) in [5.74, 6) is 1.18. The second-order valence-corrected chi connectivity index (χ2v) is 6.76. The third kappa shape index (κ3) is 3.06. The van der Waals surface area contributed by atoms with Gasteiger partial charge in [0, 0.05) is 30.8 Å². The fraction of sp³-hybridized carbons (Fsp3) is 0.400. The summed E-state index contributed by atoms with van der Waals surface area (Å²) in [5.41, 5.74) is 10.5. The molecule has 4 rings (SSSR count). The molecule has 1 aliphatic heterocycles. The Morgan fingerprint density at radius 3 is 2.92 bits per heavy atom. The highest BCUT2D eigenvalue weighted by atomic mass is 16.5. The predicted octanol–water partition coefficient (Wildman–Crippen LogP) is 3.17. The van der Waals surface area contributed by atoms with Crippen molar-refractivity contribution in [2.24, 2.45) is 0 Å². The van der Waals surface area contributed by atoms with Gasteiger partial charge in [0.1, 0.15) is 23.2 Å². The maximum atomic E-state index is 9.64. The number of nitrogens with zero attached hydrogens (tertiary/aromatic N) is 2. The van der Waals surface area contributed by atoms with Crippen molar-refractivity contribution >= 4 is 5.82 Å². The third-order valence-corrected chi connectivity index (χ3v) is 5.09. The molecule has 2 heterocycles. The number of nitrogen functional groups attached to an aromatic ring is 1. The van der Waals surface area contributed by atoms with E-state index < -0.39 is 0 Å². The second-order valence-electron chi connectivity index (χ2n) is 6.76. The molecule has 0 radical (unpaired) electrons. The topological polar surface area (TPSA) is 84.0 Å². The van der Waals surface area contributed by atoms with Crippen LogP contribution in [0.4, 0.5) is 5.82 Å². The van der Waals surface area contributed by atoms with Crippen LogP contribution in [0.3, 0.4) is 0 Å². The van der Waals surface area contributed by atoms with Crippen LogP contribution in [0.1, 0.15) is 42.5 Å². The van der Waals surface area contributed by atoms with Crippen molar-refractivity contribution < 1.29 is 4.74 Å². The Bertz CT molecular complexity index is 834. The molecule has 0 amide bonds. The highest BCUT2D eigenvalue weighted by Gasteiger charge is 2.22. The Labute approximate surface area is 147 Å². The van der Waals surface area contributed by atoms with E-state index in [-0.39, 0.29) is 0 Å². The van der Waals surface area contributed by atoms with Gasteiger partial charge >= 0.3 is 0 Å². The van der Waals surface area contributed by atoms with Gasteiger partial charge in [-0.05, 0) is 48.9 Å². The molecule has 1 aromatic carbocycles.